The summed E-state index contributed by atoms with van der Waals surface area (Å²) >= 11 is 0. The molecule has 0 spiro atoms. The smallest absolute Gasteiger partial charge is 0.119 e. The van der Waals surface area contributed by atoms with Crippen LogP contribution in [0, 0.1) is 13.8 Å². The Morgan fingerprint density at radius 2 is 2.20 bits per heavy atom. The van der Waals surface area contributed by atoms with Crippen molar-refractivity contribution in [3.05, 3.63) is 29.3 Å². The van der Waals surface area contributed by atoms with Gasteiger partial charge in [-0.25, -0.2) is 0 Å². The van der Waals surface area contributed by atoms with E-state index in [-0.39, 0.29) is 0 Å². The second-order valence-corrected chi connectivity index (χ2v) is 5.78. The Hall–Kier alpha value is -1.10. The molecular formula is C16H26N2O2. The first-order valence-electron chi connectivity index (χ1n) is 7.43. The zero-order chi connectivity index (χ0) is 14.4. The zero-order valence-electron chi connectivity index (χ0n) is 12.5. The van der Waals surface area contributed by atoms with Gasteiger partial charge in [-0.1, -0.05) is 6.07 Å². The van der Waals surface area contributed by atoms with E-state index in [9.17, 15) is 5.11 Å². The van der Waals surface area contributed by atoms with Gasteiger partial charge in [-0.05, 0) is 56.5 Å². The highest BCUT2D eigenvalue weighted by Crippen LogP contribution is 2.16. The van der Waals surface area contributed by atoms with Crippen LogP contribution in [0.15, 0.2) is 18.2 Å². The standard InChI is InChI=1S/C16H26N2O2/c1-13-4-5-15(10-14(13)2)20-9-8-18-12-16(19)6-3-7-17-11-16/h4-5,10,17-19H,3,6-9,11-12H2,1-2H3. The van der Waals surface area contributed by atoms with Gasteiger partial charge in [0.25, 0.3) is 0 Å². The van der Waals surface area contributed by atoms with Gasteiger partial charge >= 0.3 is 0 Å². The van der Waals surface area contributed by atoms with Crippen LogP contribution in [-0.2, 0) is 0 Å². The summed E-state index contributed by atoms with van der Waals surface area (Å²) in [5, 5.41) is 16.8. The van der Waals surface area contributed by atoms with Gasteiger partial charge in [-0.2, -0.15) is 0 Å². The molecule has 1 aliphatic heterocycles. The molecule has 1 aromatic carbocycles. The summed E-state index contributed by atoms with van der Waals surface area (Å²) in [5.41, 5.74) is 1.93. The number of nitrogens with one attached hydrogen (secondary N) is 2. The summed E-state index contributed by atoms with van der Waals surface area (Å²) in [5.74, 6) is 0.910. The van der Waals surface area contributed by atoms with E-state index in [1.54, 1.807) is 0 Å². The van der Waals surface area contributed by atoms with E-state index in [0.717, 1.165) is 31.7 Å². The summed E-state index contributed by atoms with van der Waals surface area (Å²) < 4.78 is 5.70. The summed E-state index contributed by atoms with van der Waals surface area (Å²) in [6.07, 6.45) is 1.91. The third kappa shape index (κ3) is 4.47. The summed E-state index contributed by atoms with van der Waals surface area (Å²) in [4.78, 5) is 0. The largest absolute Gasteiger partial charge is 0.492 e. The molecule has 1 unspecified atom stereocenters. The molecule has 0 aliphatic carbocycles. The first-order valence-corrected chi connectivity index (χ1v) is 7.43. The van der Waals surface area contributed by atoms with Crippen LogP contribution in [0.4, 0.5) is 0 Å². The molecule has 1 atom stereocenters. The van der Waals surface area contributed by atoms with Crippen LogP contribution < -0.4 is 15.4 Å². The van der Waals surface area contributed by atoms with Crippen molar-refractivity contribution >= 4 is 0 Å². The van der Waals surface area contributed by atoms with Gasteiger partial charge in [0.2, 0.25) is 0 Å². The van der Waals surface area contributed by atoms with Crippen molar-refractivity contribution < 1.29 is 9.84 Å². The zero-order valence-corrected chi connectivity index (χ0v) is 12.5. The molecule has 0 radical (unpaired) electrons. The van der Waals surface area contributed by atoms with Crippen molar-refractivity contribution in [3.8, 4) is 5.75 Å². The van der Waals surface area contributed by atoms with Crippen molar-refractivity contribution in [1.29, 1.82) is 0 Å². The molecule has 1 heterocycles. The summed E-state index contributed by atoms with van der Waals surface area (Å²) in [7, 11) is 0. The first kappa shape index (κ1) is 15.3. The second-order valence-electron chi connectivity index (χ2n) is 5.78. The molecule has 0 amide bonds. The maximum Gasteiger partial charge on any atom is 0.119 e. The lowest BCUT2D eigenvalue weighted by atomic mass is 9.94. The predicted molar refractivity (Wildman–Crippen MR) is 81.3 cm³/mol. The average molecular weight is 278 g/mol. The Bertz CT molecular complexity index is 428. The lowest BCUT2D eigenvalue weighted by Crippen LogP contribution is -2.52. The van der Waals surface area contributed by atoms with Gasteiger partial charge in [0.15, 0.2) is 0 Å². The minimum Gasteiger partial charge on any atom is -0.492 e. The van der Waals surface area contributed by atoms with Crippen LogP contribution >= 0.6 is 0 Å². The average Bonchev–Trinajstić information content (AvgIpc) is 2.43. The molecule has 1 saturated heterocycles. The van der Waals surface area contributed by atoms with E-state index in [2.05, 4.69) is 36.6 Å². The number of ether oxygens (including phenoxy) is 1. The maximum absolute atomic E-state index is 10.3. The fraction of sp³-hybridized carbons (Fsp3) is 0.625. The molecule has 0 bridgehead atoms. The van der Waals surface area contributed by atoms with Crippen LogP contribution in [0.25, 0.3) is 0 Å². The summed E-state index contributed by atoms with van der Waals surface area (Å²) in [6.45, 7) is 7.86. The Balaban J connectivity index is 1.65. The number of piperidine rings is 1. The third-order valence-electron chi connectivity index (χ3n) is 3.93. The number of rotatable bonds is 6. The SMILES string of the molecule is Cc1ccc(OCCNCC2(O)CCCNC2)cc1C. The monoisotopic (exact) mass is 278 g/mol. The minimum absolute atomic E-state index is 0.599. The lowest BCUT2D eigenvalue weighted by Gasteiger charge is -2.32. The predicted octanol–water partition coefficient (Wildman–Crippen LogP) is 1.39. The molecule has 3 N–H and O–H groups in total. The van der Waals surface area contributed by atoms with E-state index >= 15 is 0 Å². The molecule has 1 aromatic rings. The number of aliphatic hydroxyl groups is 1. The van der Waals surface area contributed by atoms with Gasteiger partial charge in [0.1, 0.15) is 12.4 Å². The van der Waals surface area contributed by atoms with Crippen molar-refractivity contribution in [1.82, 2.24) is 10.6 Å². The van der Waals surface area contributed by atoms with Gasteiger partial charge in [0.05, 0.1) is 5.60 Å². The fourth-order valence-corrected chi connectivity index (χ4v) is 2.47. The van der Waals surface area contributed by atoms with Crippen molar-refractivity contribution in [2.75, 3.05) is 32.8 Å². The topological polar surface area (TPSA) is 53.5 Å². The van der Waals surface area contributed by atoms with Crippen LogP contribution in [0.2, 0.25) is 0 Å². The van der Waals surface area contributed by atoms with Crippen LogP contribution in [0.3, 0.4) is 0 Å². The van der Waals surface area contributed by atoms with E-state index in [0.29, 0.717) is 19.7 Å². The van der Waals surface area contributed by atoms with Crippen LogP contribution in [-0.4, -0.2) is 43.5 Å². The molecular weight excluding hydrogens is 252 g/mol. The molecule has 1 aliphatic rings. The maximum atomic E-state index is 10.3. The minimum atomic E-state index is -0.599. The fourth-order valence-electron chi connectivity index (χ4n) is 2.47. The molecule has 20 heavy (non-hydrogen) atoms. The molecule has 4 nitrogen and oxygen atoms in total. The quantitative estimate of drug-likeness (QED) is 0.688. The lowest BCUT2D eigenvalue weighted by molar-refractivity contribution is 0.0167. The Kier molecular flexibility index (Phi) is 5.40. The van der Waals surface area contributed by atoms with Crippen molar-refractivity contribution in [2.45, 2.75) is 32.3 Å². The van der Waals surface area contributed by atoms with Gasteiger partial charge in [-0.3, -0.25) is 0 Å². The first-order chi connectivity index (χ1) is 9.59. The highest BCUT2D eigenvalue weighted by Gasteiger charge is 2.28. The molecule has 0 saturated carbocycles. The van der Waals surface area contributed by atoms with Crippen LogP contribution in [0.5, 0.6) is 5.75 Å². The number of hydrogen-bond donors (Lipinski definition) is 3. The number of benzene rings is 1. The Morgan fingerprint density at radius 1 is 1.35 bits per heavy atom. The van der Waals surface area contributed by atoms with Crippen molar-refractivity contribution in [2.24, 2.45) is 0 Å². The molecule has 1 fully saturated rings. The Labute approximate surface area is 121 Å². The molecule has 0 aromatic heterocycles. The summed E-state index contributed by atoms with van der Waals surface area (Å²) in [6, 6.07) is 6.14. The van der Waals surface area contributed by atoms with Crippen molar-refractivity contribution in [3.63, 3.8) is 0 Å². The van der Waals surface area contributed by atoms with E-state index < -0.39 is 5.60 Å². The molecule has 4 heteroatoms. The highest BCUT2D eigenvalue weighted by atomic mass is 16.5. The van der Waals surface area contributed by atoms with Gasteiger partial charge < -0.3 is 20.5 Å². The highest BCUT2D eigenvalue weighted by molar-refractivity contribution is 5.33. The molecule has 2 rings (SSSR count). The number of hydrogen-bond acceptors (Lipinski definition) is 4. The van der Waals surface area contributed by atoms with E-state index in [1.807, 2.05) is 6.07 Å². The normalized spacial score (nSPS) is 22.8. The number of aryl methyl sites for hydroxylation is 2. The Morgan fingerprint density at radius 3 is 2.90 bits per heavy atom. The third-order valence-corrected chi connectivity index (χ3v) is 3.93. The van der Waals surface area contributed by atoms with E-state index in [1.165, 1.54) is 11.1 Å². The number of β-amino-alcohol motifs (C(OH)–C–C–N with tert-alkyl or cyclic N) is 1. The molecule has 112 valence electrons. The van der Waals surface area contributed by atoms with Gasteiger partial charge in [-0.15, -0.1) is 0 Å². The van der Waals surface area contributed by atoms with Gasteiger partial charge in [0, 0.05) is 19.6 Å². The second kappa shape index (κ2) is 7.07. The van der Waals surface area contributed by atoms with E-state index in [4.69, 9.17) is 4.74 Å². The van der Waals surface area contributed by atoms with Crippen LogP contribution in [0.1, 0.15) is 24.0 Å².